The number of hydrogen-bond donors (Lipinski definition) is 0. The zero-order valence-corrected chi connectivity index (χ0v) is 14.4. The molecule has 0 aromatic heterocycles. The minimum absolute atomic E-state index is 0.00872. The Labute approximate surface area is 132 Å². The zero-order chi connectivity index (χ0) is 16.2. The van der Waals surface area contributed by atoms with Crippen LogP contribution in [0.1, 0.15) is 47.5 Å². The quantitative estimate of drug-likeness (QED) is 0.749. The number of carbonyl (C=O) groups is 2. The molecule has 1 saturated heterocycles. The topological polar surface area (TPSA) is 49.9 Å². The number of halogens is 1. The van der Waals surface area contributed by atoms with Gasteiger partial charge in [0, 0.05) is 19.1 Å². The van der Waals surface area contributed by atoms with Crippen LogP contribution in [-0.2, 0) is 9.53 Å². The van der Waals surface area contributed by atoms with Crippen molar-refractivity contribution in [2.45, 2.75) is 65.1 Å². The number of ether oxygens (including phenoxy) is 1. The molecule has 1 fully saturated rings. The van der Waals surface area contributed by atoms with E-state index in [0.29, 0.717) is 13.1 Å². The van der Waals surface area contributed by atoms with Crippen LogP contribution >= 0.6 is 11.6 Å². The van der Waals surface area contributed by atoms with E-state index in [-0.39, 0.29) is 30.0 Å². The van der Waals surface area contributed by atoms with Crippen molar-refractivity contribution in [1.82, 2.24) is 9.80 Å². The predicted molar refractivity (Wildman–Crippen MR) is 83.5 cm³/mol. The average Bonchev–Trinajstić information content (AvgIpc) is 2.80. The molecule has 0 spiro atoms. The van der Waals surface area contributed by atoms with Crippen molar-refractivity contribution in [3.8, 4) is 0 Å². The highest BCUT2D eigenvalue weighted by Crippen LogP contribution is 2.22. The molecule has 0 aromatic carbocycles. The van der Waals surface area contributed by atoms with Crippen LogP contribution in [0.4, 0.5) is 4.79 Å². The van der Waals surface area contributed by atoms with E-state index in [0.717, 1.165) is 12.8 Å². The van der Waals surface area contributed by atoms with E-state index in [1.165, 1.54) is 0 Å². The Kier molecular flexibility index (Phi) is 6.32. The van der Waals surface area contributed by atoms with Crippen molar-refractivity contribution in [3.63, 3.8) is 0 Å². The molecule has 0 aromatic rings. The van der Waals surface area contributed by atoms with Crippen molar-refractivity contribution in [2.75, 3.05) is 19.0 Å². The molecule has 122 valence electrons. The molecule has 1 heterocycles. The van der Waals surface area contributed by atoms with E-state index in [1.54, 1.807) is 9.80 Å². The minimum Gasteiger partial charge on any atom is -0.444 e. The van der Waals surface area contributed by atoms with E-state index in [2.05, 4.69) is 0 Å². The second kappa shape index (κ2) is 7.34. The molecule has 1 aliphatic heterocycles. The van der Waals surface area contributed by atoms with Gasteiger partial charge in [-0.05, 0) is 47.5 Å². The number of alkyl halides is 1. The molecule has 1 aliphatic rings. The predicted octanol–water partition coefficient (Wildman–Crippen LogP) is 2.86. The van der Waals surface area contributed by atoms with Crippen LogP contribution in [0.2, 0.25) is 0 Å². The molecule has 0 saturated carbocycles. The first kappa shape index (κ1) is 18.1. The first-order valence-corrected chi connectivity index (χ1v) is 8.04. The van der Waals surface area contributed by atoms with Crippen molar-refractivity contribution >= 4 is 23.6 Å². The Morgan fingerprint density at radius 3 is 2.48 bits per heavy atom. The van der Waals surface area contributed by atoms with E-state index < -0.39 is 5.60 Å². The summed E-state index contributed by atoms with van der Waals surface area (Å²) < 4.78 is 5.44. The smallest absolute Gasteiger partial charge is 0.410 e. The van der Waals surface area contributed by atoms with Crippen molar-refractivity contribution in [3.05, 3.63) is 0 Å². The van der Waals surface area contributed by atoms with Gasteiger partial charge in [0.2, 0.25) is 5.91 Å². The first-order valence-electron chi connectivity index (χ1n) is 7.50. The van der Waals surface area contributed by atoms with Crippen LogP contribution in [0.25, 0.3) is 0 Å². The standard InChI is InChI=1S/C15H27ClN2O3/c1-11(2)18(13(19)9-16)10-12-7-6-8-17(12)14(20)21-15(3,4)5/h11-12H,6-10H2,1-5H3/t12-/m0/s1. The van der Waals surface area contributed by atoms with Crippen LogP contribution < -0.4 is 0 Å². The summed E-state index contributed by atoms with van der Waals surface area (Å²) in [7, 11) is 0. The summed E-state index contributed by atoms with van der Waals surface area (Å²) >= 11 is 5.67. The van der Waals surface area contributed by atoms with Gasteiger partial charge in [0.25, 0.3) is 0 Å². The lowest BCUT2D eigenvalue weighted by molar-refractivity contribution is -0.131. The summed E-state index contributed by atoms with van der Waals surface area (Å²) in [5.74, 6) is -0.125. The van der Waals surface area contributed by atoms with Gasteiger partial charge < -0.3 is 14.5 Å². The van der Waals surface area contributed by atoms with Crippen LogP contribution in [0.15, 0.2) is 0 Å². The van der Waals surface area contributed by atoms with Crippen molar-refractivity contribution in [2.24, 2.45) is 0 Å². The third-order valence-electron chi connectivity index (χ3n) is 3.47. The zero-order valence-electron chi connectivity index (χ0n) is 13.7. The van der Waals surface area contributed by atoms with Crippen molar-refractivity contribution in [1.29, 1.82) is 0 Å². The molecule has 2 amide bonds. The minimum atomic E-state index is -0.506. The maximum absolute atomic E-state index is 12.2. The first-order chi connectivity index (χ1) is 9.65. The second-order valence-corrected chi connectivity index (χ2v) is 7.01. The van der Waals surface area contributed by atoms with Crippen LogP contribution in [0.5, 0.6) is 0 Å². The molecular formula is C15H27ClN2O3. The highest BCUT2D eigenvalue weighted by Gasteiger charge is 2.34. The average molecular weight is 319 g/mol. The Bertz CT molecular complexity index is 380. The highest BCUT2D eigenvalue weighted by atomic mass is 35.5. The van der Waals surface area contributed by atoms with Crippen LogP contribution in [-0.4, -0.2) is 58.5 Å². The van der Waals surface area contributed by atoms with Gasteiger partial charge in [0.05, 0.1) is 6.04 Å². The monoisotopic (exact) mass is 318 g/mol. The second-order valence-electron chi connectivity index (χ2n) is 6.74. The summed E-state index contributed by atoms with van der Waals surface area (Å²) in [4.78, 5) is 27.6. The molecule has 5 nitrogen and oxygen atoms in total. The normalized spacial score (nSPS) is 19.0. The van der Waals surface area contributed by atoms with Gasteiger partial charge in [-0.25, -0.2) is 4.79 Å². The summed E-state index contributed by atoms with van der Waals surface area (Å²) in [5, 5.41) is 0. The third-order valence-corrected chi connectivity index (χ3v) is 3.70. The number of nitrogens with zero attached hydrogens (tertiary/aromatic N) is 2. The maximum atomic E-state index is 12.2. The van der Waals surface area contributed by atoms with Gasteiger partial charge in [-0.1, -0.05) is 0 Å². The molecule has 6 heteroatoms. The van der Waals surface area contributed by atoms with E-state index in [1.807, 2.05) is 34.6 Å². The van der Waals surface area contributed by atoms with Crippen LogP contribution in [0.3, 0.4) is 0 Å². The molecule has 0 radical (unpaired) electrons. The number of hydrogen-bond acceptors (Lipinski definition) is 3. The van der Waals surface area contributed by atoms with Gasteiger partial charge in [-0.3, -0.25) is 4.79 Å². The SMILES string of the molecule is CC(C)N(C[C@@H]1CCCN1C(=O)OC(C)(C)C)C(=O)CCl. The Morgan fingerprint density at radius 2 is 2.00 bits per heavy atom. The lowest BCUT2D eigenvalue weighted by atomic mass is 10.2. The molecule has 0 aliphatic carbocycles. The largest absolute Gasteiger partial charge is 0.444 e. The van der Waals surface area contributed by atoms with Gasteiger partial charge in [0.1, 0.15) is 11.5 Å². The van der Waals surface area contributed by atoms with Gasteiger partial charge in [-0.2, -0.15) is 0 Å². The van der Waals surface area contributed by atoms with Crippen molar-refractivity contribution < 1.29 is 14.3 Å². The highest BCUT2D eigenvalue weighted by molar-refractivity contribution is 6.27. The number of amides is 2. The molecule has 1 atom stereocenters. The number of carbonyl (C=O) groups excluding carboxylic acids is 2. The Hall–Kier alpha value is -0.970. The van der Waals surface area contributed by atoms with Gasteiger partial charge in [0.15, 0.2) is 0 Å². The fraction of sp³-hybridized carbons (Fsp3) is 0.867. The fourth-order valence-corrected chi connectivity index (χ4v) is 2.64. The molecule has 1 rings (SSSR count). The summed E-state index contributed by atoms with van der Waals surface area (Å²) in [6.45, 7) is 10.7. The lowest BCUT2D eigenvalue weighted by Gasteiger charge is -2.34. The van der Waals surface area contributed by atoms with E-state index in [9.17, 15) is 9.59 Å². The number of likely N-dealkylation sites (tertiary alicyclic amines) is 1. The number of rotatable bonds is 4. The summed E-state index contributed by atoms with van der Waals surface area (Å²) in [5.41, 5.74) is -0.506. The van der Waals surface area contributed by atoms with Gasteiger partial charge in [-0.15, -0.1) is 11.6 Å². The molecule has 0 bridgehead atoms. The van der Waals surface area contributed by atoms with Gasteiger partial charge >= 0.3 is 6.09 Å². The fourth-order valence-electron chi connectivity index (χ4n) is 2.49. The van der Waals surface area contributed by atoms with E-state index in [4.69, 9.17) is 16.3 Å². The Balaban J connectivity index is 2.72. The molecule has 0 N–H and O–H groups in total. The maximum Gasteiger partial charge on any atom is 0.410 e. The Morgan fingerprint density at radius 1 is 1.38 bits per heavy atom. The van der Waals surface area contributed by atoms with Crippen LogP contribution in [0, 0.1) is 0 Å². The third kappa shape index (κ3) is 5.38. The molecule has 0 unspecified atom stereocenters. The molecule has 21 heavy (non-hydrogen) atoms. The summed E-state index contributed by atoms with van der Waals surface area (Å²) in [6.07, 6.45) is 1.52. The van der Waals surface area contributed by atoms with E-state index >= 15 is 0 Å². The lowest BCUT2D eigenvalue weighted by Crippen LogP contribution is -2.49. The summed E-state index contributed by atoms with van der Waals surface area (Å²) in [6, 6.07) is 0.0757. The molecular weight excluding hydrogens is 292 g/mol.